The van der Waals surface area contributed by atoms with E-state index in [0.717, 1.165) is 10.5 Å². The van der Waals surface area contributed by atoms with Gasteiger partial charge < -0.3 is 15.0 Å². The quantitative estimate of drug-likeness (QED) is 0.531. The molecule has 1 atom stereocenters. The van der Waals surface area contributed by atoms with Gasteiger partial charge in [-0.3, -0.25) is 14.6 Å². The average Bonchev–Trinajstić information content (AvgIpc) is 3.05. The van der Waals surface area contributed by atoms with Crippen molar-refractivity contribution in [1.29, 1.82) is 0 Å². The third-order valence-corrected chi connectivity index (χ3v) is 5.48. The second-order valence-electron chi connectivity index (χ2n) is 7.42. The zero-order valence-electron chi connectivity index (χ0n) is 17.8. The molecule has 1 aliphatic heterocycles. The van der Waals surface area contributed by atoms with Gasteiger partial charge in [-0.1, -0.05) is 17.7 Å². The van der Waals surface area contributed by atoms with Crippen molar-refractivity contribution in [3.05, 3.63) is 83.6 Å². The van der Waals surface area contributed by atoms with Gasteiger partial charge in [-0.25, -0.2) is 9.69 Å². The first-order valence-electron chi connectivity index (χ1n) is 10.2. The van der Waals surface area contributed by atoms with Crippen LogP contribution in [0, 0.1) is 0 Å². The zero-order chi connectivity index (χ0) is 23.4. The lowest BCUT2D eigenvalue weighted by Crippen LogP contribution is -2.37. The summed E-state index contributed by atoms with van der Waals surface area (Å²) in [6, 6.07) is 15.3. The molecule has 0 bridgehead atoms. The van der Waals surface area contributed by atoms with Gasteiger partial charge in [0.25, 0.3) is 5.91 Å². The molecule has 9 heteroatoms. The Morgan fingerprint density at radius 3 is 2.45 bits per heavy atom. The van der Waals surface area contributed by atoms with Crippen molar-refractivity contribution in [2.75, 3.05) is 17.3 Å². The van der Waals surface area contributed by atoms with E-state index >= 15 is 0 Å². The van der Waals surface area contributed by atoms with Crippen LogP contribution in [-0.2, 0) is 16.1 Å². The molecule has 1 unspecified atom stereocenters. The number of hydrogen-bond donors (Lipinski definition) is 1. The van der Waals surface area contributed by atoms with E-state index in [1.807, 2.05) is 6.07 Å². The predicted octanol–water partition coefficient (Wildman–Crippen LogP) is 4.11. The van der Waals surface area contributed by atoms with Crippen molar-refractivity contribution < 1.29 is 19.1 Å². The number of amides is 4. The Bertz CT molecular complexity index is 1150. The highest BCUT2D eigenvalue weighted by Crippen LogP contribution is 2.29. The van der Waals surface area contributed by atoms with Crippen LogP contribution < -0.4 is 15.0 Å². The second-order valence-corrected chi connectivity index (χ2v) is 7.85. The third kappa shape index (κ3) is 4.96. The van der Waals surface area contributed by atoms with Crippen LogP contribution in [0.25, 0.3) is 0 Å². The van der Waals surface area contributed by atoms with E-state index in [1.54, 1.807) is 74.1 Å². The van der Waals surface area contributed by atoms with Gasteiger partial charge in [0.2, 0.25) is 5.91 Å². The number of nitrogens with zero attached hydrogens (tertiary/aromatic N) is 3. The van der Waals surface area contributed by atoms with E-state index in [-0.39, 0.29) is 18.9 Å². The fourth-order valence-corrected chi connectivity index (χ4v) is 3.72. The summed E-state index contributed by atoms with van der Waals surface area (Å²) in [6.45, 7) is 0.142. The molecule has 0 aliphatic carbocycles. The fraction of sp³-hybridized carbons (Fsp3) is 0.167. The first-order valence-corrected chi connectivity index (χ1v) is 10.6. The number of halogens is 1. The number of ether oxygens (including phenoxy) is 1. The van der Waals surface area contributed by atoms with Crippen molar-refractivity contribution in [1.82, 2.24) is 9.88 Å². The number of pyridine rings is 1. The van der Waals surface area contributed by atoms with Crippen LogP contribution in [0.3, 0.4) is 0 Å². The van der Waals surface area contributed by atoms with Crippen LogP contribution in [-0.4, -0.2) is 40.9 Å². The molecule has 4 amide bonds. The van der Waals surface area contributed by atoms with Gasteiger partial charge in [0.15, 0.2) is 0 Å². The Hall–Kier alpha value is -3.91. The predicted molar refractivity (Wildman–Crippen MR) is 124 cm³/mol. The molecule has 0 spiro atoms. The van der Waals surface area contributed by atoms with E-state index < -0.39 is 18.0 Å². The van der Waals surface area contributed by atoms with Gasteiger partial charge in [0.05, 0.1) is 19.2 Å². The molecule has 4 rings (SSSR count). The van der Waals surface area contributed by atoms with E-state index in [0.29, 0.717) is 22.1 Å². The smallest absolute Gasteiger partial charge is 0.332 e. The fourth-order valence-electron chi connectivity index (χ4n) is 3.59. The third-order valence-electron chi connectivity index (χ3n) is 5.23. The van der Waals surface area contributed by atoms with E-state index in [9.17, 15) is 14.4 Å². The van der Waals surface area contributed by atoms with Crippen LogP contribution in [0.1, 0.15) is 12.0 Å². The number of imide groups is 1. The second kappa shape index (κ2) is 9.70. The summed E-state index contributed by atoms with van der Waals surface area (Å²) in [6.07, 6.45) is 3.05. The minimum atomic E-state index is -0.966. The number of rotatable bonds is 7. The van der Waals surface area contributed by atoms with Crippen LogP contribution in [0.2, 0.25) is 5.02 Å². The standard InChI is InChI=1S/C24H21ClN4O4/c1-33-20-10-6-18(7-11-20)27-22(30)13-21-23(31)29(19-8-4-17(25)5-9-19)24(32)28(21)15-16-3-2-12-26-14-16/h2-12,14,21H,13,15H2,1H3,(H,27,30). The first kappa shape index (κ1) is 22.3. The highest BCUT2D eigenvalue weighted by Gasteiger charge is 2.46. The molecular weight excluding hydrogens is 444 g/mol. The highest BCUT2D eigenvalue weighted by molar-refractivity contribution is 6.30. The molecule has 8 nitrogen and oxygen atoms in total. The summed E-state index contributed by atoms with van der Waals surface area (Å²) in [7, 11) is 1.56. The van der Waals surface area contributed by atoms with Gasteiger partial charge in [-0.15, -0.1) is 0 Å². The molecule has 3 aromatic rings. The molecule has 33 heavy (non-hydrogen) atoms. The van der Waals surface area contributed by atoms with E-state index in [1.165, 1.54) is 4.90 Å². The monoisotopic (exact) mass is 464 g/mol. The SMILES string of the molecule is COc1ccc(NC(=O)CC2C(=O)N(c3ccc(Cl)cc3)C(=O)N2Cc2cccnc2)cc1. The highest BCUT2D eigenvalue weighted by atomic mass is 35.5. The van der Waals surface area contributed by atoms with Crippen LogP contribution in [0.15, 0.2) is 73.1 Å². The van der Waals surface area contributed by atoms with E-state index in [4.69, 9.17) is 16.3 Å². The summed E-state index contributed by atoms with van der Waals surface area (Å²) in [5, 5.41) is 3.26. The van der Waals surface area contributed by atoms with E-state index in [2.05, 4.69) is 10.3 Å². The van der Waals surface area contributed by atoms with Gasteiger partial charge in [-0.05, 0) is 60.2 Å². The lowest BCUT2D eigenvalue weighted by Gasteiger charge is -2.21. The maximum Gasteiger partial charge on any atom is 0.332 e. The largest absolute Gasteiger partial charge is 0.497 e. The van der Waals surface area contributed by atoms with Crippen LogP contribution in [0.5, 0.6) is 5.75 Å². The Morgan fingerprint density at radius 2 is 1.82 bits per heavy atom. The number of benzene rings is 2. The first-order chi connectivity index (χ1) is 16.0. The summed E-state index contributed by atoms with van der Waals surface area (Å²) < 4.78 is 5.12. The molecule has 1 fully saturated rings. The Labute approximate surface area is 195 Å². The molecule has 1 saturated heterocycles. The number of hydrogen-bond acceptors (Lipinski definition) is 5. The minimum absolute atomic E-state index is 0.142. The number of aromatic nitrogens is 1. The molecule has 1 N–H and O–H groups in total. The molecule has 2 heterocycles. The van der Waals surface area contributed by atoms with Crippen LogP contribution in [0.4, 0.5) is 16.2 Å². The number of urea groups is 1. The zero-order valence-corrected chi connectivity index (χ0v) is 18.5. The maximum absolute atomic E-state index is 13.3. The lowest BCUT2D eigenvalue weighted by atomic mass is 10.1. The van der Waals surface area contributed by atoms with Crippen LogP contribution >= 0.6 is 11.6 Å². The van der Waals surface area contributed by atoms with Crippen molar-refractivity contribution in [2.45, 2.75) is 19.0 Å². The van der Waals surface area contributed by atoms with Gasteiger partial charge in [-0.2, -0.15) is 0 Å². The molecule has 0 radical (unpaired) electrons. The van der Waals surface area contributed by atoms with Crippen molar-refractivity contribution in [2.24, 2.45) is 0 Å². The summed E-state index contributed by atoms with van der Waals surface area (Å²) in [5.41, 5.74) is 1.70. The van der Waals surface area contributed by atoms with Crippen molar-refractivity contribution in [3.8, 4) is 5.75 Å². The molecular formula is C24H21ClN4O4. The topological polar surface area (TPSA) is 91.8 Å². The molecule has 2 aromatic carbocycles. The molecule has 0 saturated carbocycles. The number of anilines is 2. The number of carbonyl (C=O) groups excluding carboxylic acids is 3. The average molecular weight is 465 g/mol. The summed E-state index contributed by atoms with van der Waals surface area (Å²) >= 11 is 5.95. The molecule has 168 valence electrons. The van der Waals surface area contributed by atoms with Crippen molar-refractivity contribution in [3.63, 3.8) is 0 Å². The van der Waals surface area contributed by atoms with Gasteiger partial charge >= 0.3 is 6.03 Å². The summed E-state index contributed by atoms with van der Waals surface area (Å²) in [5.74, 6) is -0.206. The number of methoxy groups -OCH3 is 1. The minimum Gasteiger partial charge on any atom is -0.497 e. The van der Waals surface area contributed by atoms with Gasteiger partial charge in [0, 0.05) is 29.6 Å². The van der Waals surface area contributed by atoms with Gasteiger partial charge in [0.1, 0.15) is 11.8 Å². The Morgan fingerprint density at radius 1 is 1.09 bits per heavy atom. The van der Waals surface area contributed by atoms with Crippen molar-refractivity contribution >= 4 is 40.8 Å². The molecule has 1 aromatic heterocycles. The number of nitrogens with one attached hydrogen (secondary N) is 1. The maximum atomic E-state index is 13.3. The normalized spacial score (nSPS) is 15.6. The Balaban J connectivity index is 1.57. The summed E-state index contributed by atoms with van der Waals surface area (Å²) in [4.78, 5) is 45.9. The lowest BCUT2D eigenvalue weighted by molar-refractivity contribution is -0.124. The Kier molecular flexibility index (Phi) is 6.55. The molecule has 1 aliphatic rings. The number of carbonyl (C=O) groups is 3.